The van der Waals surface area contributed by atoms with Gasteiger partial charge in [-0.3, -0.25) is 0 Å². The Morgan fingerprint density at radius 3 is 1.64 bits per heavy atom. The zero-order valence-corrected chi connectivity index (χ0v) is 16.3. The minimum Gasteiger partial charge on any atom is -0.507 e. The van der Waals surface area contributed by atoms with Crippen LogP contribution in [0.2, 0.25) is 0 Å². The van der Waals surface area contributed by atoms with Crippen LogP contribution in [-0.2, 0) is 10.8 Å². The zero-order chi connectivity index (χ0) is 16.6. The van der Waals surface area contributed by atoms with Crippen molar-refractivity contribution in [3.05, 3.63) is 28.8 Å². The van der Waals surface area contributed by atoms with Crippen molar-refractivity contribution in [3.8, 4) is 5.75 Å². The second-order valence-corrected chi connectivity index (χ2v) is 8.38. The molecule has 3 N–H and O–H groups in total. The van der Waals surface area contributed by atoms with Crippen molar-refractivity contribution in [2.24, 2.45) is 11.7 Å². The number of hydrogen-bond donors (Lipinski definition) is 2. The third kappa shape index (κ3) is 4.63. The van der Waals surface area contributed by atoms with E-state index in [4.69, 9.17) is 5.73 Å². The molecule has 1 unspecified atom stereocenters. The first-order chi connectivity index (χ1) is 9.39. The van der Waals surface area contributed by atoms with E-state index in [1.807, 2.05) is 0 Å². The molecule has 2 atom stereocenters. The lowest BCUT2D eigenvalue weighted by Gasteiger charge is -2.30. The highest BCUT2D eigenvalue weighted by Crippen LogP contribution is 2.41. The van der Waals surface area contributed by atoms with Gasteiger partial charge in [-0.05, 0) is 45.6 Å². The Bertz CT molecular complexity index is 462. The lowest BCUT2D eigenvalue weighted by atomic mass is 9.77. The summed E-state index contributed by atoms with van der Waals surface area (Å²) in [6, 6.07) is 4.21. The lowest BCUT2D eigenvalue weighted by molar-refractivity contribution is 0.417. The van der Waals surface area contributed by atoms with Crippen molar-refractivity contribution in [3.63, 3.8) is 0 Å². The van der Waals surface area contributed by atoms with Gasteiger partial charge in [0.1, 0.15) is 5.75 Å². The van der Waals surface area contributed by atoms with Crippen LogP contribution in [0.1, 0.15) is 84.5 Å². The van der Waals surface area contributed by atoms with E-state index in [0.717, 1.165) is 23.1 Å². The molecule has 22 heavy (non-hydrogen) atoms. The normalized spacial score (nSPS) is 15.1. The van der Waals surface area contributed by atoms with Gasteiger partial charge in [0.2, 0.25) is 0 Å². The molecule has 1 aromatic carbocycles. The summed E-state index contributed by atoms with van der Waals surface area (Å²) in [5.41, 5.74) is 9.35. The zero-order valence-electron chi connectivity index (χ0n) is 15.4. The summed E-state index contributed by atoms with van der Waals surface area (Å²) >= 11 is 0. The van der Waals surface area contributed by atoms with Gasteiger partial charge in [0.15, 0.2) is 0 Å². The van der Waals surface area contributed by atoms with E-state index in [-0.39, 0.29) is 29.3 Å². The standard InChI is InChI=1S/C19H33NO.ClH/c1-9-12(2)16(20)13-10-14(18(3,4)5)17(21)15(11-13)19(6,7)8;/h10-12,16,21H,9,20H2,1-8H3;1H/t12?,16-;/m1./s1. The topological polar surface area (TPSA) is 46.2 Å². The molecule has 128 valence electrons. The molecule has 1 aromatic rings. The van der Waals surface area contributed by atoms with E-state index >= 15 is 0 Å². The van der Waals surface area contributed by atoms with Crippen LogP contribution in [0.4, 0.5) is 0 Å². The van der Waals surface area contributed by atoms with Crippen LogP contribution >= 0.6 is 12.4 Å². The van der Waals surface area contributed by atoms with E-state index in [0.29, 0.717) is 11.7 Å². The Kier molecular flexibility index (Phi) is 6.99. The summed E-state index contributed by atoms with van der Waals surface area (Å²) in [6.45, 7) is 17.1. The molecule has 0 saturated heterocycles. The van der Waals surface area contributed by atoms with E-state index in [2.05, 4.69) is 67.5 Å². The molecule has 0 aliphatic carbocycles. The Morgan fingerprint density at radius 1 is 1.00 bits per heavy atom. The van der Waals surface area contributed by atoms with Gasteiger partial charge in [-0.1, -0.05) is 61.8 Å². The number of nitrogens with two attached hydrogens (primary N) is 1. The van der Waals surface area contributed by atoms with Crippen LogP contribution < -0.4 is 5.73 Å². The van der Waals surface area contributed by atoms with Crippen LogP contribution in [0.25, 0.3) is 0 Å². The molecule has 0 heterocycles. The van der Waals surface area contributed by atoms with Crippen molar-refractivity contribution in [1.29, 1.82) is 0 Å². The fourth-order valence-corrected chi connectivity index (χ4v) is 2.58. The minimum absolute atomic E-state index is 0. The predicted molar refractivity (Wildman–Crippen MR) is 99.1 cm³/mol. The molecule has 0 aliphatic rings. The summed E-state index contributed by atoms with van der Waals surface area (Å²) < 4.78 is 0. The van der Waals surface area contributed by atoms with Crippen molar-refractivity contribution in [2.45, 2.75) is 78.7 Å². The quantitative estimate of drug-likeness (QED) is 0.774. The third-order valence-electron chi connectivity index (χ3n) is 4.39. The predicted octanol–water partition coefficient (Wildman–Crippen LogP) is 5.45. The van der Waals surface area contributed by atoms with Gasteiger partial charge in [0.25, 0.3) is 0 Å². The fourth-order valence-electron chi connectivity index (χ4n) is 2.58. The number of aromatic hydroxyl groups is 1. The van der Waals surface area contributed by atoms with Crippen molar-refractivity contribution in [1.82, 2.24) is 0 Å². The summed E-state index contributed by atoms with van der Waals surface area (Å²) in [6.07, 6.45) is 1.05. The maximum Gasteiger partial charge on any atom is 0.123 e. The van der Waals surface area contributed by atoms with Crippen molar-refractivity contribution in [2.75, 3.05) is 0 Å². The number of hydrogen-bond acceptors (Lipinski definition) is 2. The summed E-state index contributed by atoms with van der Waals surface area (Å²) in [4.78, 5) is 0. The Hall–Kier alpha value is -0.730. The Balaban J connectivity index is 0.00000441. The van der Waals surface area contributed by atoms with Gasteiger partial charge in [-0.15, -0.1) is 12.4 Å². The number of phenols is 1. The monoisotopic (exact) mass is 327 g/mol. The molecule has 0 radical (unpaired) electrons. The molecular weight excluding hydrogens is 294 g/mol. The maximum atomic E-state index is 10.7. The molecule has 0 spiro atoms. The van der Waals surface area contributed by atoms with E-state index < -0.39 is 0 Å². The van der Waals surface area contributed by atoms with Gasteiger partial charge < -0.3 is 10.8 Å². The average molecular weight is 328 g/mol. The van der Waals surface area contributed by atoms with E-state index in [1.165, 1.54) is 0 Å². The molecule has 2 nitrogen and oxygen atoms in total. The highest BCUT2D eigenvalue weighted by Gasteiger charge is 2.28. The summed E-state index contributed by atoms with van der Waals surface area (Å²) in [5.74, 6) is 0.852. The molecule has 3 heteroatoms. The van der Waals surface area contributed by atoms with E-state index in [9.17, 15) is 5.11 Å². The highest BCUT2D eigenvalue weighted by atomic mass is 35.5. The third-order valence-corrected chi connectivity index (χ3v) is 4.39. The minimum atomic E-state index is -0.102. The van der Waals surface area contributed by atoms with Crippen molar-refractivity contribution >= 4 is 12.4 Å². The van der Waals surface area contributed by atoms with Crippen LogP contribution in [0.3, 0.4) is 0 Å². The van der Waals surface area contributed by atoms with Gasteiger partial charge in [-0.2, -0.15) is 0 Å². The van der Waals surface area contributed by atoms with E-state index in [1.54, 1.807) is 0 Å². The van der Waals surface area contributed by atoms with Gasteiger partial charge in [0.05, 0.1) is 0 Å². The molecule has 0 saturated carbocycles. The molecule has 1 rings (SSSR count). The molecular formula is C19H34ClNO. The fraction of sp³-hybridized carbons (Fsp3) is 0.684. The second kappa shape index (κ2) is 7.23. The number of benzene rings is 1. The largest absolute Gasteiger partial charge is 0.507 e. The molecule has 0 aromatic heterocycles. The first-order valence-electron chi connectivity index (χ1n) is 8.03. The van der Waals surface area contributed by atoms with Gasteiger partial charge >= 0.3 is 0 Å². The smallest absolute Gasteiger partial charge is 0.123 e. The molecule has 0 aliphatic heterocycles. The Morgan fingerprint density at radius 2 is 1.36 bits per heavy atom. The maximum absolute atomic E-state index is 10.7. The number of halogens is 1. The number of rotatable bonds is 3. The van der Waals surface area contributed by atoms with Crippen molar-refractivity contribution < 1.29 is 5.11 Å². The van der Waals surface area contributed by atoms with Gasteiger partial charge in [0, 0.05) is 6.04 Å². The average Bonchev–Trinajstić information content (AvgIpc) is 2.34. The number of phenolic OH excluding ortho intramolecular Hbond substituents is 1. The van der Waals surface area contributed by atoms with Crippen LogP contribution in [0.15, 0.2) is 12.1 Å². The summed E-state index contributed by atoms with van der Waals surface area (Å²) in [7, 11) is 0. The lowest BCUT2D eigenvalue weighted by Crippen LogP contribution is -2.23. The van der Waals surface area contributed by atoms with Crippen LogP contribution in [0.5, 0.6) is 5.75 Å². The first-order valence-corrected chi connectivity index (χ1v) is 8.03. The molecule has 0 fully saturated rings. The van der Waals surface area contributed by atoms with Gasteiger partial charge in [-0.25, -0.2) is 0 Å². The summed E-state index contributed by atoms with van der Waals surface area (Å²) in [5, 5.41) is 10.7. The first kappa shape index (κ1) is 21.3. The Labute approximate surface area is 142 Å². The molecule has 0 bridgehead atoms. The van der Waals surface area contributed by atoms with Crippen LogP contribution in [0, 0.1) is 5.92 Å². The highest BCUT2D eigenvalue weighted by molar-refractivity contribution is 5.85. The molecule has 0 amide bonds. The SMILES string of the molecule is CCC(C)[C@@H](N)c1cc(C(C)(C)C)c(O)c(C(C)(C)C)c1.Cl. The second-order valence-electron chi connectivity index (χ2n) is 8.38. The van der Waals surface area contributed by atoms with Crippen LogP contribution in [-0.4, -0.2) is 5.11 Å².